The van der Waals surface area contributed by atoms with Gasteiger partial charge in [0.2, 0.25) is 6.08 Å². The molecule has 1 rings (SSSR count). The summed E-state index contributed by atoms with van der Waals surface area (Å²) in [6.45, 7) is 3.38. The van der Waals surface area contributed by atoms with Crippen LogP contribution in [0.3, 0.4) is 0 Å². The first-order valence-corrected chi connectivity index (χ1v) is 4.80. The van der Waals surface area contributed by atoms with Crippen molar-refractivity contribution in [1.82, 2.24) is 0 Å². The number of nitro groups is 1. The summed E-state index contributed by atoms with van der Waals surface area (Å²) in [6, 6.07) is 4.24. The number of rotatable bonds is 3. The lowest BCUT2D eigenvalue weighted by atomic mass is 9.95. The monoisotopic (exact) mass is 240 g/mol. The predicted molar refractivity (Wildman–Crippen MR) is 59.3 cm³/mol. The van der Waals surface area contributed by atoms with Crippen LogP contribution in [0.2, 0.25) is 5.02 Å². The molecule has 0 bridgehead atoms. The first-order valence-electron chi connectivity index (χ1n) is 4.42. The van der Waals surface area contributed by atoms with Crippen LogP contribution in [0.4, 0.5) is 5.69 Å². The van der Waals surface area contributed by atoms with Crippen molar-refractivity contribution in [3.05, 3.63) is 38.9 Å². The summed E-state index contributed by atoms with van der Waals surface area (Å²) in [5, 5.41) is 10.6. The predicted octanol–water partition coefficient (Wildman–Crippen LogP) is 2.82. The summed E-state index contributed by atoms with van der Waals surface area (Å²) in [4.78, 5) is 23.8. The molecule has 1 aromatic carbocycles. The van der Waals surface area contributed by atoms with Gasteiger partial charge in [-0.05, 0) is 31.5 Å². The first-order chi connectivity index (χ1) is 7.38. The number of nitrogens with zero attached hydrogens (tertiary/aromatic N) is 2. The van der Waals surface area contributed by atoms with Gasteiger partial charge in [-0.25, -0.2) is 4.79 Å². The second-order valence-corrected chi connectivity index (χ2v) is 4.09. The van der Waals surface area contributed by atoms with Crippen molar-refractivity contribution in [3.8, 4) is 0 Å². The van der Waals surface area contributed by atoms with E-state index in [-0.39, 0.29) is 10.7 Å². The lowest BCUT2D eigenvalue weighted by molar-refractivity contribution is -0.384. The molecule has 0 atom stereocenters. The average Bonchev–Trinajstić information content (AvgIpc) is 2.16. The summed E-state index contributed by atoms with van der Waals surface area (Å²) in [6.07, 6.45) is 1.46. The number of nitro benzene ring substituents is 1. The fraction of sp³-hybridized carbons (Fsp3) is 0.300. The number of benzene rings is 1. The van der Waals surface area contributed by atoms with E-state index >= 15 is 0 Å². The van der Waals surface area contributed by atoms with Crippen molar-refractivity contribution in [2.45, 2.75) is 19.4 Å². The Balaban J connectivity index is 3.25. The van der Waals surface area contributed by atoms with E-state index in [1.807, 2.05) is 0 Å². The molecule has 0 aliphatic carbocycles. The lowest BCUT2D eigenvalue weighted by Crippen LogP contribution is -2.13. The second kappa shape index (κ2) is 4.43. The molecule has 0 unspecified atom stereocenters. The topological polar surface area (TPSA) is 72.6 Å². The van der Waals surface area contributed by atoms with E-state index in [2.05, 4.69) is 4.99 Å². The lowest BCUT2D eigenvalue weighted by Gasteiger charge is -2.17. The summed E-state index contributed by atoms with van der Waals surface area (Å²) >= 11 is 5.75. The quantitative estimate of drug-likeness (QED) is 0.353. The molecular formula is C10H9ClN2O3. The van der Waals surface area contributed by atoms with Crippen LogP contribution in [0.15, 0.2) is 23.2 Å². The van der Waals surface area contributed by atoms with Crippen LogP contribution >= 0.6 is 11.6 Å². The molecule has 0 N–H and O–H groups in total. The molecule has 0 aromatic heterocycles. The number of aliphatic imine (C=N–C) groups is 1. The maximum atomic E-state index is 10.5. The number of carbonyl (C=O) groups excluding carboxylic acids is 1. The van der Waals surface area contributed by atoms with Crippen LogP contribution in [-0.4, -0.2) is 11.0 Å². The Morgan fingerprint density at radius 2 is 2.12 bits per heavy atom. The van der Waals surface area contributed by atoms with Gasteiger partial charge in [0, 0.05) is 6.07 Å². The van der Waals surface area contributed by atoms with Gasteiger partial charge >= 0.3 is 0 Å². The van der Waals surface area contributed by atoms with Crippen LogP contribution in [0.1, 0.15) is 19.4 Å². The van der Waals surface area contributed by atoms with Gasteiger partial charge in [-0.3, -0.25) is 10.1 Å². The van der Waals surface area contributed by atoms with Crippen LogP contribution in [0.25, 0.3) is 0 Å². The third-order valence-corrected chi connectivity index (χ3v) is 2.48. The molecule has 0 radical (unpaired) electrons. The molecule has 0 heterocycles. The molecular weight excluding hydrogens is 232 g/mol. The van der Waals surface area contributed by atoms with E-state index in [0.29, 0.717) is 5.56 Å². The van der Waals surface area contributed by atoms with E-state index < -0.39 is 10.5 Å². The van der Waals surface area contributed by atoms with Gasteiger partial charge in [0.15, 0.2) is 0 Å². The van der Waals surface area contributed by atoms with Gasteiger partial charge < -0.3 is 0 Å². The van der Waals surface area contributed by atoms with Crippen molar-refractivity contribution in [3.63, 3.8) is 0 Å². The van der Waals surface area contributed by atoms with Crippen molar-refractivity contribution in [1.29, 1.82) is 0 Å². The molecule has 0 aliphatic heterocycles. The van der Waals surface area contributed by atoms with Crippen LogP contribution in [0, 0.1) is 10.1 Å². The molecule has 0 fully saturated rings. The van der Waals surface area contributed by atoms with Gasteiger partial charge in [-0.2, -0.15) is 4.99 Å². The molecule has 84 valence electrons. The Hall–Kier alpha value is -1.71. The Morgan fingerprint density at radius 1 is 1.50 bits per heavy atom. The molecule has 6 heteroatoms. The Bertz CT molecular complexity index is 479. The van der Waals surface area contributed by atoms with E-state index in [4.69, 9.17) is 11.6 Å². The largest absolute Gasteiger partial charge is 0.287 e. The highest BCUT2D eigenvalue weighted by atomic mass is 35.5. The highest BCUT2D eigenvalue weighted by Crippen LogP contribution is 2.31. The summed E-state index contributed by atoms with van der Waals surface area (Å²) < 4.78 is 0. The minimum Gasteiger partial charge on any atom is -0.258 e. The summed E-state index contributed by atoms with van der Waals surface area (Å²) in [5.74, 6) is 0. The first kappa shape index (κ1) is 12.4. The number of hydrogen-bond acceptors (Lipinski definition) is 4. The Morgan fingerprint density at radius 3 is 2.56 bits per heavy atom. The smallest absolute Gasteiger partial charge is 0.258 e. The molecule has 0 saturated heterocycles. The number of hydrogen-bond donors (Lipinski definition) is 0. The minimum absolute atomic E-state index is 0.0247. The van der Waals surface area contributed by atoms with Crippen molar-refractivity contribution >= 4 is 23.4 Å². The zero-order chi connectivity index (χ0) is 12.3. The standard InChI is InChI=1S/C10H9ClN2O3/c1-10(2,12-6-14)7-3-4-9(13(15)16)8(11)5-7/h3-5H,1-2H3. The Labute approximate surface area is 96.9 Å². The Kier molecular flexibility index (Phi) is 3.42. The molecule has 0 spiro atoms. The second-order valence-electron chi connectivity index (χ2n) is 3.69. The molecule has 1 aromatic rings. The van der Waals surface area contributed by atoms with Crippen LogP contribution < -0.4 is 0 Å². The van der Waals surface area contributed by atoms with E-state index in [0.717, 1.165) is 0 Å². The highest BCUT2D eigenvalue weighted by molar-refractivity contribution is 6.32. The average molecular weight is 241 g/mol. The maximum Gasteiger partial charge on any atom is 0.287 e. The molecule has 16 heavy (non-hydrogen) atoms. The van der Waals surface area contributed by atoms with Crippen LogP contribution in [-0.2, 0) is 10.3 Å². The van der Waals surface area contributed by atoms with Gasteiger partial charge in [-0.1, -0.05) is 11.6 Å². The van der Waals surface area contributed by atoms with Crippen molar-refractivity contribution in [2.75, 3.05) is 0 Å². The summed E-state index contributed by atoms with van der Waals surface area (Å²) in [7, 11) is 0. The fourth-order valence-electron chi connectivity index (χ4n) is 1.21. The van der Waals surface area contributed by atoms with Crippen molar-refractivity contribution in [2.24, 2.45) is 4.99 Å². The SMILES string of the molecule is CC(C)(N=C=O)c1ccc([N+](=O)[O-])c(Cl)c1. The normalized spacial score (nSPS) is 10.7. The van der Waals surface area contributed by atoms with E-state index in [1.165, 1.54) is 24.3 Å². The highest BCUT2D eigenvalue weighted by Gasteiger charge is 2.22. The van der Waals surface area contributed by atoms with Gasteiger partial charge in [0.25, 0.3) is 5.69 Å². The molecule has 0 amide bonds. The third kappa shape index (κ3) is 2.45. The fourth-order valence-corrected chi connectivity index (χ4v) is 1.46. The summed E-state index contributed by atoms with van der Waals surface area (Å²) in [5.41, 5.74) is -0.344. The number of isocyanates is 1. The minimum atomic E-state index is -0.791. The van der Waals surface area contributed by atoms with Gasteiger partial charge in [-0.15, -0.1) is 0 Å². The van der Waals surface area contributed by atoms with Gasteiger partial charge in [0.1, 0.15) is 5.02 Å². The van der Waals surface area contributed by atoms with Crippen LogP contribution in [0.5, 0.6) is 0 Å². The maximum absolute atomic E-state index is 10.5. The zero-order valence-corrected chi connectivity index (χ0v) is 9.49. The molecule has 0 aliphatic rings. The molecule has 5 nitrogen and oxygen atoms in total. The number of halogens is 1. The third-order valence-electron chi connectivity index (χ3n) is 2.18. The van der Waals surface area contributed by atoms with Gasteiger partial charge in [0.05, 0.1) is 10.5 Å². The van der Waals surface area contributed by atoms with Crippen molar-refractivity contribution < 1.29 is 9.72 Å². The zero-order valence-electron chi connectivity index (χ0n) is 8.73. The van der Waals surface area contributed by atoms with E-state index in [9.17, 15) is 14.9 Å². The van der Waals surface area contributed by atoms with E-state index in [1.54, 1.807) is 13.8 Å². The molecule has 0 saturated carbocycles.